The number of nitrogens with one attached hydrogen (secondary N) is 1. The Morgan fingerprint density at radius 1 is 1.03 bits per heavy atom. The van der Waals surface area contributed by atoms with Crippen LogP contribution in [-0.4, -0.2) is 34.5 Å². The van der Waals surface area contributed by atoms with E-state index in [1.807, 2.05) is 19.1 Å². The molecule has 1 N–H and O–H groups in total. The van der Waals surface area contributed by atoms with Crippen LogP contribution in [0.2, 0.25) is 0 Å². The van der Waals surface area contributed by atoms with Gasteiger partial charge in [-0.25, -0.2) is 8.42 Å². The normalized spacial score (nSPS) is 11.3. The third-order valence-corrected chi connectivity index (χ3v) is 6.78. The van der Waals surface area contributed by atoms with Gasteiger partial charge in [-0.3, -0.25) is 9.10 Å². The van der Waals surface area contributed by atoms with Crippen molar-refractivity contribution < 1.29 is 26.7 Å². The summed E-state index contributed by atoms with van der Waals surface area (Å²) in [6.07, 6.45) is 0.467. The Balaban J connectivity index is 1.63. The van der Waals surface area contributed by atoms with Gasteiger partial charge in [-0.1, -0.05) is 35.9 Å². The highest BCUT2D eigenvalue weighted by atomic mass is 32.2. The van der Waals surface area contributed by atoms with Gasteiger partial charge < -0.3 is 10.1 Å². The fourth-order valence-electron chi connectivity index (χ4n) is 3.11. The standard InChI is InChI=1S/C24H24F2N2O4S/c1-17-6-10-20(11-7-17)28(2)33(30,31)22-5-3-4-19(16-22)23(29)27-15-14-18-8-12-21(13-9-18)32-24(25)26/h3-13,16,24H,14-15H2,1-2H3,(H,27,29). The van der Waals surface area contributed by atoms with Crippen molar-refractivity contribution in [2.45, 2.75) is 24.9 Å². The van der Waals surface area contributed by atoms with Crippen molar-refractivity contribution in [1.29, 1.82) is 0 Å². The molecule has 3 aromatic rings. The van der Waals surface area contributed by atoms with E-state index >= 15 is 0 Å². The number of carbonyl (C=O) groups is 1. The Bertz CT molecular complexity index is 1200. The van der Waals surface area contributed by atoms with Crippen LogP contribution >= 0.6 is 0 Å². The Hall–Kier alpha value is -3.46. The molecule has 0 atom stereocenters. The highest BCUT2D eigenvalue weighted by Crippen LogP contribution is 2.23. The zero-order valence-corrected chi connectivity index (χ0v) is 19.0. The van der Waals surface area contributed by atoms with E-state index < -0.39 is 22.5 Å². The summed E-state index contributed by atoms with van der Waals surface area (Å²) in [7, 11) is -2.39. The molecule has 1 amide bonds. The number of anilines is 1. The van der Waals surface area contributed by atoms with Gasteiger partial charge in [-0.05, 0) is 61.4 Å². The van der Waals surface area contributed by atoms with Crippen LogP contribution in [0.15, 0.2) is 77.7 Å². The topological polar surface area (TPSA) is 75.7 Å². The molecule has 33 heavy (non-hydrogen) atoms. The van der Waals surface area contributed by atoms with Crippen molar-refractivity contribution in [2.75, 3.05) is 17.9 Å². The molecule has 0 saturated heterocycles. The number of ether oxygens (including phenoxy) is 1. The number of nitrogens with zero attached hydrogens (tertiary/aromatic N) is 1. The number of halogens is 2. The van der Waals surface area contributed by atoms with Crippen LogP contribution in [0.3, 0.4) is 0 Å². The lowest BCUT2D eigenvalue weighted by Gasteiger charge is -2.20. The Morgan fingerprint density at radius 3 is 2.33 bits per heavy atom. The number of rotatable bonds is 9. The number of sulfonamides is 1. The predicted molar refractivity (Wildman–Crippen MR) is 122 cm³/mol. The monoisotopic (exact) mass is 474 g/mol. The summed E-state index contributed by atoms with van der Waals surface area (Å²) in [6.45, 7) is -0.683. The van der Waals surface area contributed by atoms with Crippen LogP contribution in [0.25, 0.3) is 0 Å². The number of carbonyl (C=O) groups excluding carboxylic acids is 1. The van der Waals surface area contributed by atoms with Crippen molar-refractivity contribution >= 4 is 21.6 Å². The minimum Gasteiger partial charge on any atom is -0.435 e. The number of hydrogen-bond acceptors (Lipinski definition) is 4. The lowest BCUT2D eigenvalue weighted by atomic mass is 10.1. The highest BCUT2D eigenvalue weighted by molar-refractivity contribution is 7.92. The number of alkyl halides is 2. The number of amides is 1. The van der Waals surface area contributed by atoms with E-state index in [-0.39, 0.29) is 22.8 Å². The van der Waals surface area contributed by atoms with E-state index in [9.17, 15) is 22.0 Å². The van der Waals surface area contributed by atoms with Gasteiger partial charge in [0, 0.05) is 19.2 Å². The molecular formula is C24H24F2N2O4S. The van der Waals surface area contributed by atoms with Crippen LogP contribution in [0.5, 0.6) is 5.75 Å². The Labute approximate surface area is 191 Å². The van der Waals surface area contributed by atoms with Gasteiger partial charge in [-0.2, -0.15) is 8.78 Å². The third-order valence-electron chi connectivity index (χ3n) is 5.00. The molecule has 0 saturated carbocycles. The van der Waals surface area contributed by atoms with Crippen LogP contribution in [-0.2, 0) is 16.4 Å². The van der Waals surface area contributed by atoms with Gasteiger partial charge >= 0.3 is 6.61 Å². The van der Waals surface area contributed by atoms with Crippen molar-refractivity contribution in [3.63, 3.8) is 0 Å². The molecule has 0 unspecified atom stereocenters. The van der Waals surface area contributed by atoms with Gasteiger partial charge in [0.2, 0.25) is 0 Å². The average molecular weight is 475 g/mol. The fourth-order valence-corrected chi connectivity index (χ4v) is 4.35. The summed E-state index contributed by atoms with van der Waals surface area (Å²) in [5.74, 6) is -0.353. The summed E-state index contributed by atoms with van der Waals surface area (Å²) in [5.41, 5.74) is 2.57. The van der Waals surface area contributed by atoms with Gasteiger partial charge in [0.25, 0.3) is 15.9 Å². The minimum absolute atomic E-state index is 0.00726. The first kappa shape index (κ1) is 24.2. The van der Waals surface area contributed by atoms with Gasteiger partial charge in [0.15, 0.2) is 0 Å². The molecule has 6 nitrogen and oxygen atoms in total. The SMILES string of the molecule is Cc1ccc(N(C)S(=O)(=O)c2cccc(C(=O)NCCc3ccc(OC(F)F)cc3)c2)cc1. The summed E-state index contributed by atoms with van der Waals surface area (Å²) < 4.78 is 55.9. The first-order valence-corrected chi connectivity index (χ1v) is 11.6. The lowest BCUT2D eigenvalue weighted by molar-refractivity contribution is -0.0498. The van der Waals surface area contributed by atoms with Gasteiger partial charge in [0.05, 0.1) is 10.6 Å². The van der Waals surface area contributed by atoms with Gasteiger partial charge in [-0.15, -0.1) is 0 Å². The van der Waals surface area contributed by atoms with Crippen LogP contribution < -0.4 is 14.4 Å². The molecule has 3 rings (SSSR count). The van der Waals surface area contributed by atoms with Crippen LogP contribution in [0.4, 0.5) is 14.5 Å². The van der Waals surface area contributed by atoms with E-state index in [2.05, 4.69) is 10.1 Å². The average Bonchev–Trinajstić information content (AvgIpc) is 2.80. The quantitative estimate of drug-likeness (QED) is 0.499. The zero-order valence-electron chi connectivity index (χ0n) is 18.2. The Kier molecular flexibility index (Phi) is 7.65. The van der Waals surface area contributed by atoms with Crippen LogP contribution in [0, 0.1) is 6.92 Å². The second-order valence-corrected chi connectivity index (χ2v) is 9.33. The summed E-state index contributed by atoms with van der Waals surface area (Å²) in [6, 6.07) is 19.1. The molecule has 0 heterocycles. The van der Waals surface area contributed by atoms with E-state index in [1.54, 1.807) is 24.3 Å². The maximum absolute atomic E-state index is 13.0. The van der Waals surface area contributed by atoms with Crippen molar-refractivity contribution in [1.82, 2.24) is 5.32 Å². The molecule has 0 spiro atoms. The highest BCUT2D eigenvalue weighted by Gasteiger charge is 2.22. The molecule has 0 aromatic heterocycles. The maximum atomic E-state index is 13.0. The molecule has 0 aliphatic carbocycles. The van der Waals surface area contributed by atoms with E-state index in [0.717, 1.165) is 11.1 Å². The minimum atomic E-state index is -3.85. The van der Waals surface area contributed by atoms with Crippen molar-refractivity contribution in [3.05, 3.63) is 89.5 Å². The van der Waals surface area contributed by atoms with Crippen LogP contribution in [0.1, 0.15) is 21.5 Å². The maximum Gasteiger partial charge on any atom is 0.387 e. The number of benzene rings is 3. The summed E-state index contributed by atoms with van der Waals surface area (Å²) in [5, 5.41) is 2.74. The predicted octanol–water partition coefficient (Wildman–Crippen LogP) is 4.39. The van der Waals surface area contributed by atoms with Gasteiger partial charge in [0.1, 0.15) is 5.75 Å². The lowest BCUT2D eigenvalue weighted by Crippen LogP contribution is -2.28. The van der Waals surface area contributed by atoms with Crippen molar-refractivity contribution in [2.24, 2.45) is 0 Å². The molecule has 0 radical (unpaired) electrons. The van der Waals surface area contributed by atoms with E-state index in [0.29, 0.717) is 12.1 Å². The molecule has 0 aliphatic heterocycles. The molecule has 0 fully saturated rings. The molecular weight excluding hydrogens is 450 g/mol. The first-order chi connectivity index (χ1) is 15.7. The molecule has 0 aliphatic rings. The second kappa shape index (κ2) is 10.4. The largest absolute Gasteiger partial charge is 0.435 e. The molecule has 9 heteroatoms. The van der Waals surface area contributed by atoms with E-state index in [1.165, 1.54) is 47.8 Å². The second-order valence-electron chi connectivity index (χ2n) is 7.36. The molecule has 174 valence electrons. The third kappa shape index (κ3) is 6.29. The summed E-state index contributed by atoms with van der Waals surface area (Å²) in [4.78, 5) is 12.6. The Morgan fingerprint density at radius 2 is 1.70 bits per heavy atom. The van der Waals surface area contributed by atoms with E-state index in [4.69, 9.17) is 0 Å². The number of hydrogen-bond donors (Lipinski definition) is 1. The zero-order chi connectivity index (χ0) is 24.0. The molecule has 0 bridgehead atoms. The smallest absolute Gasteiger partial charge is 0.387 e. The van der Waals surface area contributed by atoms with Crippen molar-refractivity contribution in [3.8, 4) is 5.75 Å². The molecule has 3 aromatic carbocycles. The fraction of sp³-hybridized carbons (Fsp3) is 0.208. The number of aryl methyl sites for hydroxylation is 1. The summed E-state index contributed by atoms with van der Waals surface area (Å²) >= 11 is 0. The first-order valence-electron chi connectivity index (χ1n) is 10.1.